The molecule has 1 aliphatic rings. The van der Waals surface area contributed by atoms with E-state index in [9.17, 15) is 0 Å². The molecule has 7 heteroatoms. The highest BCUT2D eigenvalue weighted by Crippen LogP contribution is 2.31. The van der Waals surface area contributed by atoms with Crippen molar-refractivity contribution in [3.63, 3.8) is 0 Å². The fourth-order valence-electron chi connectivity index (χ4n) is 2.61. The third-order valence-electron chi connectivity index (χ3n) is 3.72. The lowest BCUT2D eigenvalue weighted by Gasteiger charge is -2.23. The standard InChI is InChI=1S/C15H17Cl2N5/c16-11-7-4-8-12(17)14(11)21-15-20-13(9-18-22-15)19-10-5-2-1-3-6-10/h4,7-10H,1-3,5-6H2,(H2,19,20,21,22). The Morgan fingerprint density at radius 1 is 1.05 bits per heavy atom. The molecular formula is C15H17Cl2N5. The molecule has 2 N–H and O–H groups in total. The lowest BCUT2D eigenvalue weighted by Crippen LogP contribution is -2.23. The zero-order valence-electron chi connectivity index (χ0n) is 12.0. The maximum absolute atomic E-state index is 6.14. The number of rotatable bonds is 4. The molecular weight excluding hydrogens is 321 g/mol. The minimum Gasteiger partial charge on any atom is -0.366 e. The number of benzene rings is 1. The summed E-state index contributed by atoms with van der Waals surface area (Å²) in [5.74, 6) is 1.09. The second-order valence-electron chi connectivity index (χ2n) is 5.37. The van der Waals surface area contributed by atoms with E-state index in [0.717, 1.165) is 0 Å². The molecule has 116 valence electrons. The van der Waals surface area contributed by atoms with Crippen molar-refractivity contribution in [3.05, 3.63) is 34.4 Å². The largest absolute Gasteiger partial charge is 0.366 e. The van der Waals surface area contributed by atoms with Gasteiger partial charge in [-0.25, -0.2) is 0 Å². The van der Waals surface area contributed by atoms with Crippen molar-refractivity contribution < 1.29 is 0 Å². The van der Waals surface area contributed by atoms with Crippen molar-refractivity contribution in [2.75, 3.05) is 10.6 Å². The van der Waals surface area contributed by atoms with Gasteiger partial charge in [-0.15, -0.1) is 5.10 Å². The molecule has 1 aromatic heterocycles. The summed E-state index contributed by atoms with van der Waals surface area (Å²) in [6.45, 7) is 0. The van der Waals surface area contributed by atoms with Gasteiger partial charge in [0.05, 0.1) is 21.9 Å². The summed E-state index contributed by atoms with van der Waals surface area (Å²) in [7, 11) is 0. The number of nitrogens with one attached hydrogen (secondary N) is 2. The van der Waals surface area contributed by atoms with Gasteiger partial charge in [0.25, 0.3) is 0 Å². The Bertz CT molecular complexity index is 623. The van der Waals surface area contributed by atoms with Crippen LogP contribution in [0, 0.1) is 0 Å². The fraction of sp³-hybridized carbons (Fsp3) is 0.400. The van der Waals surface area contributed by atoms with Gasteiger partial charge in [0.1, 0.15) is 0 Å². The summed E-state index contributed by atoms with van der Waals surface area (Å²) in [6.07, 6.45) is 7.81. The average molecular weight is 338 g/mol. The number of halogens is 2. The van der Waals surface area contributed by atoms with Gasteiger partial charge < -0.3 is 10.6 Å². The molecule has 0 amide bonds. The zero-order chi connectivity index (χ0) is 15.4. The second-order valence-corrected chi connectivity index (χ2v) is 6.18. The van der Waals surface area contributed by atoms with Crippen molar-refractivity contribution in [2.45, 2.75) is 38.1 Å². The Morgan fingerprint density at radius 3 is 2.50 bits per heavy atom. The van der Waals surface area contributed by atoms with Gasteiger partial charge in [-0.1, -0.05) is 48.5 Å². The maximum atomic E-state index is 6.14. The van der Waals surface area contributed by atoms with Crippen LogP contribution in [0.5, 0.6) is 0 Å². The first-order valence-electron chi connectivity index (χ1n) is 7.39. The molecule has 1 fully saturated rings. The molecule has 0 unspecified atom stereocenters. The average Bonchev–Trinajstić information content (AvgIpc) is 2.53. The lowest BCUT2D eigenvalue weighted by atomic mass is 9.96. The summed E-state index contributed by atoms with van der Waals surface area (Å²) in [4.78, 5) is 4.43. The van der Waals surface area contributed by atoms with E-state index < -0.39 is 0 Å². The van der Waals surface area contributed by atoms with Gasteiger partial charge in [-0.2, -0.15) is 10.1 Å². The highest BCUT2D eigenvalue weighted by molar-refractivity contribution is 6.39. The van der Waals surface area contributed by atoms with E-state index in [0.29, 0.717) is 33.5 Å². The van der Waals surface area contributed by atoms with Crippen LogP contribution in [0.25, 0.3) is 0 Å². The number of aromatic nitrogens is 3. The Kier molecular flexibility index (Phi) is 4.95. The number of anilines is 3. The van der Waals surface area contributed by atoms with Crippen LogP contribution >= 0.6 is 23.2 Å². The minimum absolute atomic E-state index is 0.371. The van der Waals surface area contributed by atoms with Crippen molar-refractivity contribution in [2.24, 2.45) is 0 Å². The molecule has 0 aliphatic heterocycles. The maximum Gasteiger partial charge on any atom is 0.249 e. The molecule has 0 radical (unpaired) electrons. The molecule has 0 bridgehead atoms. The number of para-hydroxylation sites is 1. The summed E-state index contributed by atoms with van der Waals surface area (Å²) in [5.41, 5.74) is 0.586. The molecule has 0 atom stereocenters. The van der Waals surface area contributed by atoms with Gasteiger partial charge in [0, 0.05) is 6.04 Å². The van der Waals surface area contributed by atoms with E-state index in [-0.39, 0.29) is 0 Å². The first-order chi connectivity index (χ1) is 10.7. The van der Waals surface area contributed by atoms with Crippen molar-refractivity contribution in [1.29, 1.82) is 0 Å². The third-order valence-corrected chi connectivity index (χ3v) is 4.35. The van der Waals surface area contributed by atoms with E-state index in [1.54, 1.807) is 24.4 Å². The molecule has 2 aromatic rings. The highest BCUT2D eigenvalue weighted by Gasteiger charge is 2.14. The summed E-state index contributed by atoms with van der Waals surface area (Å²) >= 11 is 12.3. The predicted octanol–water partition coefficient (Wildman–Crippen LogP) is 4.67. The van der Waals surface area contributed by atoms with Crippen molar-refractivity contribution in [3.8, 4) is 0 Å². The van der Waals surface area contributed by atoms with Gasteiger partial charge in [-0.3, -0.25) is 0 Å². The van der Waals surface area contributed by atoms with Crippen LogP contribution in [0.1, 0.15) is 32.1 Å². The van der Waals surface area contributed by atoms with E-state index in [1.165, 1.54) is 32.1 Å². The lowest BCUT2D eigenvalue weighted by molar-refractivity contribution is 0.461. The summed E-state index contributed by atoms with van der Waals surface area (Å²) in [5, 5.41) is 15.4. The summed E-state index contributed by atoms with van der Waals surface area (Å²) in [6, 6.07) is 5.76. The third kappa shape index (κ3) is 3.78. The van der Waals surface area contributed by atoms with Crippen LogP contribution in [-0.2, 0) is 0 Å². The Balaban J connectivity index is 1.73. The molecule has 1 aliphatic carbocycles. The second kappa shape index (κ2) is 7.11. The van der Waals surface area contributed by atoms with E-state index in [2.05, 4.69) is 25.8 Å². The quantitative estimate of drug-likeness (QED) is 0.848. The summed E-state index contributed by atoms with van der Waals surface area (Å²) < 4.78 is 0. The molecule has 0 spiro atoms. The van der Waals surface area contributed by atoms with Crippen LogP contribution in [0.4, 0.5) is 17.5 Å². The number of nitrogens with zero attached hydrogens (tertiary/aromatic N) is 3. The Morgan fingerprint density at radius 2 is 1.77 bits per heavy atom. The smallest absolute Gasteiger partial charge is 0.249 e. The molecule has 1 aromatic carbocycles. The molecule has 22 heavy (non-hydrogen) atoms. The van der Waals surface area contributed by atoms with E-state index >= 15 is 0 Å². The van der Waals surface area contributed by atoms with Gasteiger partial charge in [0.15, 0.2) is 5.82 Å². The molecule has 3 rings (SSSR count). The minimum atomic E-state index is 0.371. The van der Waals surface area contributed by atoms with Crippen molar-refractivity contribution in [1.82, 2.24) is 15.2 Å². The molecule has 0 saturated heterocycles. The van der Waals surface area contributed by atoms with Gasteiger partial charge in [0.2, 0.25) is 5.95 Å². The number of hydrogen-bond acceptors (Lipinski definition) is 5. The Labute approximate surface area is 139 Å². The fourth-order valence-corrected chi connectivity index (χ4v) is 3.10. The normalized spacial score (nSPS) is 15.5. The molecule has 5 nitrogen and oxygen atoms in total. The van der Waals surface area contributed by atoms with E-state index in [4.69, 9.17) is 23.2 Å². The highest BCUT2D eigenvalue weighted by atomic mass is 35.5. The predicted molar refractivity (Wildman–Crippen MR) is 90.1 cm³/mol. The SMILES string of the molecule is Clc1cccc(Cl)c1Nc1nncc(NC2CCCCC2)n1. The van der Waals surface area contributed by atoms with Crippen LogP contribution in [-0.4, -0.2) is 21.2 Å². The van der Waals surface area contributed by atoms with Crippen molar-refractivity contribution >= 4 is 40.7 Å². The zero-order valence-corrected chi connectivity index (χ0v) is 13.5. The van der Waals surface area contributed by atoms with Gasteiger partial charge >= 0.3 is 0 Å². The van der Waals surface area contributed by atoms with Crippen LogP contribution in [0.2, 0.25) is 10.0 Å². The van der Waals surface area contributed by atoms with Gasteiger partial charge in [-0.05, 0) is 25.0 Å². The first-order valence-corrected chi connectivity index (χ1v) is 8.15. The van der Waals surface area contributed by atoms with Crippen LogP contribution in [0.3, 0.4) is 0 Å². The topological polar surface area (TPSA) is 62.7 Å². The Hall–Kier alpha value is -1.59. The van der Waals surface area contributed by atoms with Crippen LogP contribution in [0.15, 0.2) is 24.4 Å². The number of hydrogen-bond donors (Lipinski definition) is 2. The molecule has 1 heterocycles. The molecule has 1 saturated carbocycles. The first kappa shape index (κ1) is 15.3. The monoisotopic (exact) mass is 337 g/mol. The van der Waals surface area contributed by atoms with Crippen LogP contribution < -0.4 is 10.6 Å². The van der Waals surface area contributed by atoms with E-state index in [1.807, 2.05) is 0 Å².